The van der Waals surface area contributed by atoms with Crippen molar-refractivity contribution < 1.29 is 0 Å². The largest absolute Gasteiger partial charge is 0.340 e. The summed E-state index contributed by atoms with van der Waals surface area (Å²) in [4.78, 5) is 13.0. The molecule has 0 unspecified atom stereocenters. The van der Waals surface area contributed by atoms with Crippen LogP contribution in [0.5, 0.6) is 0 Å². The van der Waals surface area contributed by atoms with Crippen molar-refractivity contribution in [3.8, 4) is 11.1 Å². The Balaban J connectivity index is 1.60. The number of nitrogens with one attached hydrogen (secondary N) is 1. The molecule has 0 saturated heterocycles. The zero-order chi connectivity index (χ0) is 16.6. The first-order chi connectivity index (χ1) is 12.4. The highest BCUT2D eigenvalue weighted by atomic mass is 15.0. The first-order valence-electron chi connectivity index (χ1n) is 9.22. The summed E-state index contributed by atoms with van der Waals surface area (Å²) in [6, 6.07) is 17.1. The summed E-state index contributed by atoms with van der Waals surface area (Å²) in [6.45, 7) is 0. The number of benzene rings is 2. The zero-order valence-electron chi connectivity index (χ0n) is 14.2. The van der Waals surface area contributed by atoms with Crippen LogP contribution in [0.3, 0.4) is 0 Å². The van der Waals surface area contributed by atoms with Crippen molar-refractivity contribution in [3.63, 3.8) is 0 Å². The molecule has 4 aromatic rings. The van der Waals surface area contributed by atoms with E-state index in [4.69, 9.17) is 4.98 Å². The molecule has 2 heterocycles. The molecule has 2 aromatic heterocycles. The van der Waals surface area contributed by atoms with Gasteiger partial charge in [-0.2, -0.15) is 0 Å². The second-order valence-corrected chi connectivity index (χ2v) is 7.08. The zero-order valence-corrected chi connectivity index (χ0v) is 14.2. The normalized spacial score (nSPS) is 15.8. The highest BCUT2D eigenvalue weighted by molar-refractivity contribution is 5.97. The molecule has 1 N–H and O–H groups in total. The van der Waals surface area contributed by atoms with E-state index in [0.29, 0.717) is 5.92 Å². The minimum Gasteiger partial charge on any atom is -0.340 e. The summed E-state index contributed by atoms with van der Waals surface area (Å²) in [7, 11) is 0. The highest BCUT2D eigenvalue weighted by Crippen LogP contribution is 2.33. The van der Waals surface area contributed by atoms with E-state index < -0.39 is 0 Å². The van der Waals surface area contributed by atoms with Crippen molar-refractivity contribution in [1.82, 2.24) is 15.0 Å². The molecule has 0 radical (unpaired) electrons. The predicted molar refractivity (Wildman–Crippen MR) is 103 cm³/mol. The minimum atomic E-state index is 0.573. The lowest BCUT2D eigenvalue weighted by atomic mass is 9.89. The molecule has 0 aliphatic heterocycles. The number of fused-ring (bicyclic) bond motifs is 2. The Kier molecular flexibility index (Phi) is 3.51. The Morgan fingerprint density at radius 1 is 0.920 bits per heavy atom. The smallest absolute Gasteiger partial charge is 0.177 e. The molecule has 1 saturated carbocycles. The van der Waals surface area contributed by atoms with Gasteiger partial charge >= 0.3 is 0 Å². The van der Waals surface area contributed by atoms with Gasteiger partial charge in [-0.05, 0) is 35.2 Å². The standard InChI is InChI=1S/C22H21N3/c1-2-8-16(9-3-1)21-24-20-13-17(14-23-22(20)25-21)19-12-6-10-15-7-4-5-11-18(15)19/h4-7,10-14,16H,1-3,8-9H2,(H,23,24,25). The van der Waals surface area contributed by atoms with Gasteiger partial charge in [0.2, 0.25) is 0 Å². The second kappa shape index (κ2) is 5.99. The lowest BCUT2D eigenvalue weighted by Crippen LogP contribution is -2.05. The van der Waals surface area contributed by atoms with Crippen LogP contribution in [-0.2, 0) is 0 Å². The lowest BCUT2D eigenvalue weighted by Gasteiger charge is -2.18. The van der Waals surface area contributed by atoms with E-state index in [1.165, 1.54) is 48.4 Å². The van der Waals surface area contributed by atoms with E-state index in [1.807, 2.05) is 6.20 Å². The van der Waals surface area contributed by atoms with Crippen molar-refractivity contribution in [2.75, 3.05) is 0 Å². The van der Waals surface area contributed by atoms with Crippen molar-refractivity contribution in [2.24, 2.45) is 0 Å². The molecule has 5 rings (SSSR count). The van der Waals surface area contributed by atoms with E-state index in [2.05, 4.69) is 58.5 Å². The average Bonchev–Trinajstić information content (AvgIpc) is 3.11. The predicted octanol–water partition coefficient (Wildman–Crippen LogP) is 5.83. The van der Waals surface area contributed by atoms with E-state index in [0.717, 1.165) is 22.6 Å². The van der Waals surface area contributed by atoms with Gasteiger partial charge in [0, 0.05) is 17.7 Å². The fourth-order valence-electron chi connectivity index (χ4n) is 4.11. The number of rotatable bonds is 2. The molecule has 1 aliphatic rings. The number of hydrogen-bond acceptors (Lipinski definition) is 2. The van der Waals surface area contributed by atoms with Crippen LogP contribution in [0, 0.1) is 0 Å². The third-order valence-electron chi connectivity index (χ3n) is 5.45. The van der Waals surface area contributed by atoms with Gasteiger partial charge in [0.15, 0.2) is 5.65 Å². The van der Waals surface area contributed by atoms with Gasteiger partial charge in [0.25, 0.3) is 0 Å². The van der Waals surface area contributed by atoms with Gasteiger partial charge in [-0.15, -0.1) is 0 Å². The fraction of sp³-hybridized carbons (Fsp3) is 0.273. The van der Waals surface area contributed by atoms with Crippen molar-refractivity contribution in [2.45, 2.75) is 38.0 Å². The van der Waals surface area contributed by atoms with Crippen LogP contribution in [0.1, 0.15) is 43.8 Å². The van der Waals surface area contributed by atoms with Crippen LogP contribution in [0.2, 0.25) is 0 Å². The fourth-order valence-corrected chi connectivity index (χ4v) is 4.11. The Labute approximate surface area is 147 Å². The first kappa shape index (κ1) is 14.6. The molecule has 0 spiro atoms. The minimum absolute atomic E-state index is 0.573. The van der Waals surface area contributed by atoms with E-state index in [9.17, 15) is 0 Å². The molecular formula is C22H21N3. The lowest BCUT2D eigenvalue weighted by molar-refractivity contribution is 0.431. The summed E-state index contributed by atoms with van der Waals surface area (Å²) in [6.07, 6.45) is 8.44. The topological polar surface area (TPSA) is 41.6 Å². The maximum absolute atomic E-state index is 4.77. The maximum Gasteiger partial charge on any atom is 0.177 e. The first-order valence-corrected chi connectivity index (χ1v) is 9.22. The van der Waals surface area contributed by atoms with E-state index >= 15 is 0 Å². The van der Waals surface area contributed by atoms with Gasteiger partial charge in [0.05, 0.1) is 5.52 Å². The van der Waals surface area contributed by atoms with Crippen molar-refractivity contribution >= 4 is 21.9 Å². The third kappa shape index (κ3) is 2.60. The van der Waals surface area contributed by atoms with Gasteiger partial charge in [-0.1, -0.05) is 61.7 Å². The number of nitrogens with zero attached hydrogens (tertiary/aromatic N) is 2. The van der Waals surface area contributed by atoms with Gasteiger partial charge in [-0.25, -0.2) is 9.97 Å². The summed E-state index contributed by atoms with van der Waals surface area (Å²) in [5.41, 5.74) is 4.25. The van der Waals surface area contributed by atoms with Crippen LogP contribution in [-0.4, -0.2) is 15.0 Å². The summed E-state index contributed by atoms with van der Waals surface area (Å²) >= 11 is 0. The quantitative estimate of drug-likeness (QED) is 0.503. The van der Waals surface area contributed by atoms with Crippen molar-refractivity contribution in [3.05, 3.63) is 60.6 Å². The molecule has 1 fully saturated rings. The molecule has 3 heteroatoms. The molecule has 0 atom stereocenters. The number of imidazole rings is 1. The Hall–Kier alpha value is -2.68. The Bertz CT molecular complexity index is 1040. The monoisotopic (exact) mass is 327 g/mol. The SMILES string of the molecule is c1ccc2c(-c3cnc4nc(C5CCCCC5)[nH]c4c3)cccc2c1. The van der Waals surface area contributed by atoms with E-state index in [-0.39, 0.29) is 0 Å². The molecule has 2 aromatic carbocycles. The molecule has 25 heavy (non-hydrogen) atoms. The van der Waals surface area contributed by atoms with Gasteiger partial charge in [-0.3, -0.25) is 0 Å². The van der Waals surface area contributed by atoms with Crippen LogP contribution < -0.4 is 0 Å². The third-order valence-corrected chi connectivity index (χ3v) is 5.45. The number of aromatic nitrogens is 3. The van der Waals surface area contributed by atoms with Crippen molar-refractivity contribution in [1.29, 1.82) is 0 Å². The summed E-state index contributed by atoms with van der Waals surface area (Å²) in [5.74, 6) is 1.70. The number of hydrogen-bond donors (Lipinski definition) is 1. The summed E-state index contributed by atoms with van der Waals surface area (Å²) < 4.78 is 0. The number of H-pyrrole nitrogens is 1. The van der Waals surface area contributed by atoms with E-state index in [1.54, 1.807) is 0 Å². The average molecular weight is 327 g/mol. The maximum atomic E-state index is 4.77. The molecule has 0 bridgehead atoms. The molecule has 0 amide bonds. The molecular weight excluding hydrogens is 306 g/mol. The van der Waals surface area contributed by atoms with Crippen LogP contribution >= 0.6 is 0 Å². The number of aromatic amines is 1. The Morgan fingerprint density at radius 2 is 1.76 bits per heavy atom. The Morgan fingerprint density at radius 3 is 2.68 bits per heavy atom. The number of pyridine rings is 1. The van der Waals surface area contributed by atoms with Crippen LogP contribution in [0.15, 0.2) is 54.7 Å². The van der Waals surface area contributed by atoms with Gasteiger partial charge in [0.1, 0.15) is 5.82 Å². The molecule has 1 aliphatic carbocycles. The van der Waals surface area contributed by atoms with Crippen LogP contribution in [0.25, 0.3) is 33.1 Å². The second-order valence-electron chi connectivity index (χ2n) is 7.08. The summed E-state index contributed by atoms with van der Waals surface area (Å²) in [5, 5.41) is 2.52. The molecule has 124 valence electrons. The van der Waals surface area contributed by atoms with Gasteiger partial charge < -0.3 is 4.98 Å². The highest BCUT2D eigenvalue weighted by Gasteiger charge is 2.19. The molecule has 3 nitrogen and oxygen atoms in total. The van der Waals surface area contributed by atoms with Crippen LogP contribution in [0.4, 0.5) is 0 Å².